The molecule has 5 nitrogen and oxygen atoms in total. The average Bonchev–Trinajstić information content (AvgIpc) is 2.92. The minimum atomic E-state index is -0.498. The molecule has 2 aromatic rings. The molecule has 1 saturated heterocycles. The van der Waals surface area contributed by atoms with Gasteiger partial charge in [-0.05, 0) is 31.4 Å². The van der Waals surface area contributed by atoms with Gasteiger partial charge in [0.1, 0.15) is 17.7 Å². The topological polar surface area (TPSA) is 53.0 Å². The first-order valence-electron chi connectivity index (χ1n) is 10.3. The van der Waals surface area contributed by atoms with E-state index in [-0.39, 0.29) is 30.9 Å². The van der Waals surface area contributed by atoms with Crippen LogP contribution >= 0.6 is 0 Å². The van der Waals surface area contributed by atoms with Gasteiger partial charge in [-0.25, -0.2) is 4.39 Å². The number of fused-ring (bicyclic) bond motifs is 1. The van der Waals surface area contributed by atoms with E-state index in [9.17, 15) is 14.3 Å². The van der Waals surface area contributed by atoms with Crippen molar-refractivity contribution in [3.8, 4) is 5.75 Å². The zero-order valence-corrected chi connectivity index (χ0v) is 16.5. The summed E-state index contributed by atoms with van der Waals surface area (Å²) in [5.41, 5.74) is 1.48. The van der Waals surface area contributed by atoms with Crippen LogP contribution in [0.5, 0.6) is 5.75 Å². The molecule has 6 heteroatoms. The first-order chi connectivity index (χ1) is 14.2. The van der Waals surface area contributed by atoms with E-state index in [1.807, 2.05) is 29.2 Å². The van der Waals surface area contributed by atoms with Gasteiger partial charge in [-0.15, -0.1) is 0 Å². The molecule has 29 heavy (non-hydrogen) atoms. The van der Waals surface area contributed by atoms with Crippen LogP contribution in [0.3, 0.4) is 0 Å². The molecule has 0 radical (unpaired) electrons. The van der Waals surface area contributed by atoms with Gasteiger partial charge in [-0.3, -0.25) is 9.69 Å². The van der Waals surface area contributed by atoms with Crippen LogP contribution in [0.4, 0.5) is 4.39 Å². The lowest BCUT2D eigenvalue weighted by Gasteiger charge is -2.36. The number of hydrogen-bond donors (Lipinski definition) is 1. The lowest BCUT2D eigenvalue weighted by atomic mass is 10.0. The van der Waals surface area contributed by atoms with Crippen LogP contribution in [0, 0.1) is 5.82 Å². The van der Waals surface area contributed by atoms with Gasteiger partial charge >= 0.3 is 0 Å². The van der Waals surface area contributed by atoms with Gasteiger partial charge in [-0.1, -0.05) is 36.4 Å². The second-order valence-electron chi connectivity index (χ2n) is 7.82. The van der Waals surface area contributed by atoms with Crippen LogP contribution < -0.4 is 4.74 Å². The van der Waals surface area contributed by atoms with Gasteiger partial charge < -0.3 is 14.7 Å². The van der Waals surface area contributed by atoms with Crippen molar-refractivity contribution in [2.45, 2.75) is 38.0 Å². The zero-order chi connectivity index (χ0) is 20.2. The number of nitrogens with zero attached hydrogens (tertiary/aromatic N) is 2. The third-order valence-corrected chi connectivity index (χ3v) is 5.83. The number of ether oxygens (including phenoxy) is 1. The van der Waals surface area contributed by atoms with Crippen molar-refractivity contribution in [1.82, 2.24) is 9.80 Å². The van der Waals surface area contributed by atoms with E-state index in [4.69, 9.17) is 4.74 Å². The molecule has 154 valence electrons. The summed E-state index contributed by atoms with van der Waals surface area (Å²) >= 11 is 0. The van der Waals surface area contributed by atoms with Crippen molar-refractivity contribution in [3.05, 3.63) is 65.5 Å². The van der Waals surface area contributed by atoms with Crippen LogP contribution in [0.25, 0.3) is 0 Å². The molecule has 1 N–H and O–H groups in total. The Balaban J connectivity index is 1.57. The number of aliphatic hydroxyl groups is 1. The standard InChI is InChI=1S/C23H27FN2O3/c24-20-10-3-2-9-19(20)22-14-25(13-17-7-1-4-11-21(17)29-22)15-23(28)26-12-6-5-8-18(26)16-27/h1-4,7,9-11,18,22,27H,5-6,8,12-16H2/t18-,22+/m0/s1. The molecule has 0 unspecified atom stereocenters. The van der Waals surface area contributed by atoms with E-state index in [1.54, 1.807) is 23.1 Å². The molecule has 0 aromatic heterocycles. The molecule has 1 amide bonds. The van der Waals surface area contributed by atoms with Crippen molar-refractivity contribution in [3.63, 3.8) is 0 Å². The van der Waals surface area contributed by atoms with Crippen molar-refractivity contribution in [2.75, 3.05) is 26.2 Å². The Morgan fingerprint density at radius 1 is 1.14 bits per heavy atom. The van der Waals surface area contributed by atoms with Crippen molar-refractivity contribution in [1.29, 1.82) is 0 Å². The SMILES string of the molecule is O=C(CN1Cc2ccccc2O[C@@H](c2ccccc2F)C1)N1CCCC[C@H]1CO. The number of halogens is 1. The molecule has 0 spiro atoms. The predicted octanol–water partition coefficient (Wildman–Crippen LogP) is 3.13. The minimum Gasteiger partial charge on any atom is -0.484 e. The normalized spacial score (nSPS) is 22.5. The Hall–Kier alpha value is -2.44. The third-order valence-electron chi connectivity index (χ3n) is 5.83. The van der Waals surface area contributed by atoms with Crippen molar-refractivity contribution < 1.29 is 19.0 Å². The van der Waals surface area contributed by atoms with E-state index in [0.717, 1.165) is 30.6 Å². The first-order valence-corrected chi connectivity index (χ1v) is 10.3. The minimum absolute atomic E-state index is 0.00443. The van der Waals surface area contributed by atoms with Gasteiger partial charge in [0.05, 0.1) is 19.2 Å². The highest BCUT2D eigenvalue weighted by molar-refractivity contribution is 5.78. The molecule has 4 rings (SSSR count). The summed E-state index contributed by atoms with van der Waals surface area (Å²) in [6, 6.07) is 14.2. The molecule has 2 atom stereocenters. The Kier molecular flexibility index (Phi) is 6.11. The van der Waals surface area contributed by atoms with Crippen LogP contribution in [-0.2, 0) is 11.3 Å². The summed E-state index contributed by atoms with van der Waals surface area (Å²) in [6.07, 6.45) is 2.34. The molecule has 0 saturated carbocycles. The van der Waals surface area contributed by atoms with Gasteiger partial charge in [0, 0.05) is 30.8 Å². The highest BCUT2D eigenvalue weighted by atomic mass is 19.1. The number of aliphatic hydroxyl groups excluding tert-OH is 1. The zero-order valence-electron chi connectivity index (χ0n) is 16.5. The summed E-state index contributed by atoms with van der Waals surface area (Å²) in [6.45, 7) is 1.87. The number of hydrogen-bond acceptors (Lipinski definition) is 4. The largest absolute Gasteiger partial charge is 0.484 e. The molecule has 2 aromatic carbocycles. The molecule has 2 aliphatic rings. The Morgan fingerprint density at radius 3 is 2.76 bits per heavy atom. The van der Waals surface area contributed by atoms with Crippen molar-refractivity contribution in [2.24, 2.45) is 0 Å². The predicted molar refractivity (Wildman–Crippen MR) is 108 cm³/mol. The summed E-state index contributed by atoms with van der Waals surface area (Å²) in [4.78, 5) is 16.9. The molecule has 0 aliphatic carbocycles. The lowest BCUT2D eigenvalue weighted by molar-refractivity contribution is -0.137. The maximum atomic E-state index is 14.5. The van der Waals surface area contributed by atoms with Crippen LogP contribution in [0.15, 0.2) is 48.5 Å². The second-order valence-corrected chi connectivity index (χ2v) is 7.82. The van der Waals surface area contributed by atoms with E-state index in [2.05, 4.69) is 0 Å². The Bertz CT molecular complexity index is 860. The second kappa shape index (κ2) is 8.93. The maximum Gasteiger partial charge on any atom is 0.237 e. The summed E-state index contributed by atoms with van der Waals surface area (Å²) in [5.74, 6) is 0.428. The highest BCUT2D eigenvalue weighted by Gasteiger charge is 2.31. The van der Waals surface area contributed by atoms with E-state index >= 15 is 0 Å². The maximum absolute atomic E-state index is 14.5. The van der Waals surface area contributed by atoms with Gasteiger partial charge in [0.2, 0.25) is 5.91 Å². The molecule has 0 bridgehead atoms. The molecular weight excluding hydrogens is 371 g/mol. The molecule has 2 aliphatic heterocycles. The fourth-order valence-corrected chi connectivity index (χ4v) is 4.30. The van der Waals surface area contributed by atoms with Crippen molar-refractivity contribution >= 4 is 5.91 Å². The highest BCUT2D eigenvalue weighted by Crippen LogP contribution is 2.32. The average molecular weight is 398 g/mol. The molecule has 2 heterocycles. The number of rotatable bonds is 4. The monoisotopic (exact) mass is 398 g/mol. The summed E-state index contributed by atoms with van der Waals surface area (Å²) < 4.78 is 20.6. The van der Waals surface area contributed by atoms with Crippen LogP contribution in [0.1, 0.15) is 36.5 Å². The smallest absolute Gasteiger partial charge is 0.237 e. The molecule has 1 fully saturated rings. The number of piperidine rings is 1. The van der Waals surface area contributed by atoms with E-state index in [1.165, 1.54) is 6.07 Å². The van der Waals surface area contributed by atoms with E-state index < -0.39 is 6.10 Å². The number of amides is 1. The lowest BCUT2D eigenvalue weighted by Crippen LogP contribution is -2.49. The first kappa shape index (κ1) is 19.9. The summed E-state index contributed by atoms with van der Waals surface area (Å²) in [7, 11) is 0. The molecular formula is C23H27FN2O3. The summed E-state index contributed by atoms with van der Waals surface area (Å²) in [5, 5.41) is 9.64. The number of carbonyl (C=O) groups excluding carboxylic acids is 1. The van der Waals surface area contributed by atoms with E-state index in [0.29, 0.717) is 25.2 Å². The number of likely N-dealkylation sites (tertiary alicyclic amines) is 1. The third kappa shape index (κ3) is 4.43. The van der Waals surface area contributed by atoms with Crippen LogP contribution in [0.2, 0.25) is 0 Å². The van der Waals surface area contributed by atoms with Gasteiger partial charge in [0.25, 0.3) is 0 Å². The Labute approximate surface area is 170 Å². The van der Waals surface area contributed by atoms with Gasteiger partial charge in [-0.2, -0.15) is 0 Å². The van der Waals surface area contributed by atoms with Crippen LogP contribution in [-0.4, -0.2) is 53.1 Å². The fraction of sp³-hybridized carbons (Fsp3) is 0.435. The van der Waals surface area contributed by atoms with Gasteiger partial charge in [0.15, 0.2) is 0 Å². The quantitative estimate of drug-likeness (QED) is 0.860. The number of para-hydroxylation sites is 1. The number of benzene rings is 2. The fourth-order valence-electron chi connectivity index (χ4n) is 4.30. The Morgan fingerprint density at radius 2 is 1.93 bits per heavy atom. The number of carbonyl (C=O) groups is 1.